The van der Waals surface area contributed by atoms with E-state index in [4.69, 9.17) is 0 Å². The zero-order valence-corrected chi connectivity index (χ0v) is 8.91. The first-order valence-electron chi connectivity index (χ1n) is 4.43. The van der Waals surface area contributed by atoms with Crippen molar-refractivity contribution >= 4 is 18.3 Å². The second-order valence-electron chi connectivity index (χ2n) is 3.07. The number of nitrogens with one attached hydrogen (secondary N) is 1. The third-order valence-corrected chi connectivity index (χ3v) is 2.47. The molecule has 1 aromatic carbocycles. The van der Waals surface area contributed by atoms with E-state index < -0.39 is 12.2 Å². The van der Waals surface area contributed by atoms with Crippen molar-refractivity contribution < 1.29 is 10.2 Å². The predicted octanol–water partition coefficient (Wildman–Crippen LogP) is 1.05. The largest absolute Gasteiger partial charge is 0.389 e. The number of aliphatic hydroxyl groups is 2. The van der Waals surface area contributed by atoms with Crippen LogP contribution in [0.2, 0.25) is 0 Å². The summed E-state index contributed by atoms with van der Waals surface area (Å²) in [5.74, 6) is 0.245. The smallest absolute Gasteiger partial charge is 0.106 e. The molecule has 0 bridgehead atoms. The van der Waals surface area contributed by atoms with Gasteiger partial charge in [-0.15, -0.1) is 0 Å². The summed E-state index contributed by atoms with van der Waals surface area (Å²) in [6.07, 6.45) is -1.68. The number of benzene rings is 1. The molecule has 0 amide bonds. The van der Waals surface area contributed by atoms with E-state index in [1.54, 1.807) is 12.1 Å². The van der Waals surface area contributed by atoms with Crippen LogP contribution < -0.4 is 5.32 Å². The molecule has 0 aliphatic heterocycles. The Morgan fingerprint density at radius 1 is 1.29 bits per heavy atom. The average molecular weight is 213 g/mol. The second-order valence-corrected chi connectivity index (χ2v) is 3.43. The molecule has 0 aliphatic carbocycles. The number of hydrogen-bond donors (Lipinski definition) is 4. The van der Waals surface area contributed by atoms with Crippen molar-refractivity contribution in [3.8, 4) is 0 Å². The van der Waals surface area contributed by atoms with Crippen LogP contribution in [0, 0.1) is 0 Å². The Kier molecular flexibility index (Phi) is 4.25. The molecular weight excluding hydrogens is 198 g/mol. The van der Waals surface area contributed by atoms with Gasteiger partial charge in [-0.1, -0.05) is 12.1 Å². The second kappa shape index (κ2) is 5.24. The van der Waals surface area contributed by atoms with E-state index in [0.717, 1.165) is 5.69 Å². The van der Waals surface area contributed by atoms with Gasteiger partial charge >= 0.3 is 0 Å². The molecule has 2 atom stereocenters. The molecule has 0 saturated carbocycles. The lowest BCUT2D eigenvalue weighted by Crippen LogP contribution is -2.19. The molecule has 3 nitrogen and oxygen atoms in total. The summed E-state index contributed by atoms with van der Waals surface area (Å²) < 4.78 is 0. The average Bonchev–Trinajstić information content (AvgIpc) is 2.27. The van der Waals surface area contributed by atoms with E-state index >= 15 is 0 Å². The Morgan fingerprint density at radius 3 is 2.29 bits per heavy atom. The minimum atomic E-state index is -0.863. The summed E-state index contributed by atoms with van der Waals surface area (Å²) in [6.45, 7) is 0. The minimum absolute atomic E-state index is 0.245. The van der Waals surface area contributed by atoms with Gasteiger partial charge in [0.2, 0.25) is 0 Å². The van der Waals surface area contributed by atoms with Crippen molar-refractivity contribution in [1.29, 1.82) is 0 Å². The van der Waals surface area contributed by atoms with Crippen LogP contribution in [0.4, 0.5) is 5.69 Å². The van der Waals surface area contributed by atoms with Crippen LogP contribution in [-0.2, 0) is 0 Å². The standard InChI is InChI=1S/C10H15NO2S/c1-11-8-4-2-7(3-5-8)10(13)9(12)6-14/h2-5,9-14H,6H2,1H3. The summed E-state index contributed by atoms with van der Waals surface area (Å²) in [4.78, 5) is 0. The molecule has 78 valence electrons. The Labute approximate surface area is 89.2 Å². The summed E-state index contributed by atoms with van der Waals surface area (Å²) in [5, 5.41) is 22.0. The van der Waals surface area contributed by atoms with Crippen molar-refractivity contribution in [2.45, 2.75) is 12.2 Å². The van der Waals surface area contributed by atoms with E-state index in [2.05, 4.69) is 17.9 Å². The highest BCUT2D eigenvalue weighted by Crippen LogP contribution is 2.19. The molecule has 0 spiro atoms. The van der Waals surface area contributed by atoms with E-state index in [0.29, 0.717) is 5.56 Å². The third kappa shape index (κ3) is 2.64. The first-order valence-corrected chi connectivity index (χ1v) is 5.07. The monoisotopic (exact) mass is 213 g/mol. The molecular formula is C10H15NO2S. The molecule has 3 N–H and O–H groups in total. The normalized spacial score (nSPS) is 14.9. The summed E-state index contributed by atoms with van der Waals surface area (Å²) in [7, 11) is 1.83. The molecule has 14 heavy (non-hydrogen) atoms. The molecule has 0 radical (unpaired) electrons. The predicted molar refractivity (Wildman–Crippen MR) is 60.8 cm³/mol. The van der Waals surface area contributed by atoms with Gasteiger partial charge in [0.15, 0.2) is 0 Å². The van der Waals surface area contributed by atoms with Gasteiger partial charge in [-0.2, -0.15) is 12.6 Å². The van der Waals surface area contributed by atoms with Gasteiger partial charge in [0.1, 0.15) is 6.10 Å². The van der Waals surface area contributed by atoms with Crippen molar-refractivity contribution in [1.82, 2.24) is 0 Å². The van der Waals surface area contributed by atoms with Crippen molar-refractivity contribution in [3.05, 3.63) is 29.8 Å². The van der Waals surface area contributed by atoms with Crippen LogP contribution in [0.15, 0.2) is 24.3 Å². The third-order valence-electron chi connectivity index (χ3n) is 2.09. The molecule has 0 fully saturated rings. The van der Waals surface area contributed by atoms with Gasteiger partial charge < -0.3 is 15.5 Å². The summed E-state index contributed by atoms with van der Waals surface area (Å²) in [5.41, 5.74) is 1.67. The van der Waals surface area contributed by atoms with Gasteiger partial charge in [0.05, 0.1) is 6.10 Å². The summed E-state index contributed by atoms with van der Waals surface area (Å²) >= 11 is 3.92. The summed E-state index contributed by atoms with van der Waals surface area (Å²) in [6, 6.07) is 7.26. The van der Waals surface area contributed by atoms with Gasteiger partial charge in [-0.05, 0) is 17.7 Å². The molecule has 0 aliphatic rings. The van der Waals surface area contributed by atoms with E-state index in [9.17, 15) is 10.2 Å². The molecule has 1 rings (SSSR count). The van der Waals surface area contributed by atoms with Gasteiger partial charge in [0.25, 0.3) is 0 Å². The molecule has 1 aromatic rings. The number of rotatable bonds is 4. The van der Waals surface area contributed by atoms with E-state index in [1.165, 1.54) is 0 Å². The lowest BCUT2D eigenvalue weighted by atomic mass is 10.1. The van der Waals surface area contributed by atoms with Crippen LogP contribution >= 0.6 is 12.6 Å². The van der Waals surface area contributed by atoms with E-state index in [-0.39, 0.29) is 5.75 Å². The molecule has 4 heteroatoms. The fourth-order valence-electron chi connectivity index (χ4n) is 1.17. The van der Waals surface area contributed by atoms with E-state index in [1.807, 2.05) is 19.2 Å². The quantitative estimate of drug-likeness (QED) is 0.566. The molecule has 0 saturated heterocycles. The Bertz CT molecular complexity index is 276. The number of thiol groups is 1. The van der Waals surface area contributed by atoms with Crippen LogP contribution in [0.25, 0.3) is 0 Å². The highest BCUT2D eigenvalue weighted by Gasteiger charge is 2.16. The van der Waals surface area contributed by atoms with Crippen molar-refractivity contribution in [2.24, 2.45) is 0 Å². The van der Waals surface area contributed by atoms with Crippen molar-refractivity contribution in [2.75, 3.05) is 18.1 Å². The number of aliphatic hydroxyl groups excluding tert-OH is 2. The topological polar surface area (TPSA) is 52.5 Å². The lowest BCUT2D eigenvalue weighted by molar-refractivity contribution is 0.0338. The van der Waals surface area contributed by atoms with Crippen LogP contribution in [0.3, 0.4) is 0 Å². The molecule has 2 unspecified atom stereocenters. The first kappa shape index (κ1) is 11.4. The zero-order valence-electron chi connectivity index (χ0n) is 8.01. The Balaban J connectivity index is 2.75. The maximum atomic E-state index is 9.63. The number of anilines is 1. The van der Waals surface area contributed by atoms with Gasteiger partial charge in [-0.3, -0.25) is 0 Å². The highest BCUT2D eigenvalue weighted by molar-refractivity contribution is 7.80. The Morgan fingerprint density at radius 2 is 1.86 bits per heavy atom. The Hall–Kier alpha value is -0.710. The zero-order chi connectivity index (χ0) is 10.6. The van der Waals surface area contributed by atoms with Crippen LogP contribution in [0.5, 0.6) is 0 Å². The highest BCUT2D eigenvalue weighted by atomic mass is 32.1. The van der Waals surface area contributed by atoms with Crippen LogP contribution in [-0.4, -0.2) is 29.1 Å². The van der Waals surface area contributed by atoms with Gasteiger partial charge in [-0.25, -0.2) is 0 Å². The van der Waals surface area contributed by atoms with Crippen molar-refractivity contribution in [3.63, 3.8) is 0 Å². The molecule has 0 heterocycles. The fraction of sp³-hybridized carbons (Fsp3) is 0.400. The fourth-order valence-corrected chi connectivity index (χ4v) is 1.37. The maximum Gasteiger partial charge on any atom is 0.106 e. The first-order chi connectivity index (χ1) is 6.69. The maximum absolute atomic E-state index is 9.63. The van der Waals surface area contributed by atoms with Crippen LogP contribution in [0.1, 0.15) is 11.7 Å². The van der Waals surface area contributed by atoms with Gasteiger partial charge in [0, 0.05) is 18.5 Å². The molecule has 0 aromatic heterocycles. The minimum Gasteiger partial charge on any atom is -0.389 e. The lowest BCUT2D eigenvalue weighted by Gasteiger charge is -2.16. The SMILES string of the molecule is CNc1ccc(C(O)C(O)CS)cc1. The number of hydrogen-bond acceptors (Lipinski definition) is 4.